The Morgan fingerprint density at radius 1 is 1.08 bits per heavy atom. The zero-order chi connectivity index (χ0) is 18.8. The average Bonchev–Trinajstić information content (AvgIpc) is 3.07. The van der Waals surface area contributed by atoms with Crippen molar-refractivity contribution in [3.63, 3.8) is 0 Å². The predicted molar refractivity (Wildman–Crippen MR) is 96.9 cm³/mol. The fourth-order valence-corrected chi connectivity index (χ4v) is 3.48. The predicted octanol–water partition coefficient (Wildman–Crippen LogP) is 2.83. The van der Waals surface area contributed by atoms with E-state index in [0.717, 1.165) is 11.3 Å². The maximum absolute atomic E-state index is 13.2. The van der Waals surface area contributed by atoms with Crippen LogP contribution in [0.4, 0.5) is 10.1 Å². The highest BCUT2D eigenvalue weighted by molar-refractivity contribution is 6.00. The van der Waals surface area contributed by atoms with Crippen LogP contribution in [-0.4, -0.2) is 49.1 Å². The standard InChI is InChI=1S/C20H21FN2O3/c1-22(2)18-6-4-3-5-15(18)19(24)23-11-16(17(12-23)20(25)26)13-7-9-14(21)10-8-13/h3-10,16-17H,11-12H2,1-2H3,(H,25,26)/t16-,17+/m1/s1. The SMILES string of the molecule is CN(C)c1ccccc1C(=O)N1C[C@H](C(=O)O)[C@@H](c2ccc(F)cc2)C1. The van der Waals surface area contributed by atoms with Crippen molar-refractivity contribution in [2.75, 3.05) is 32.1 Å². The summed E-state index contributed by atoms with van der Waals surface area (Å²) < 4.78 is 13.2. The van der Waals surface area contributed by atoms with E-state index in [1.165, 1.54) is 12.1 Å². The summed E-state index contributed by atoms with van der Waals surface area (Å²) in [6.45, 7) is 0.432. The fourth-order valence-electron chi connectivity index (χ4n) is 3.48. The summed E-state index contributed by atoms with van der Waals surface area (Å²) >= 11 is 0. The molecule has 1 heterocycles. The zero-order valence-electron chi connectivity index (χ0n) is 14.7. The molecule has 0 aliphatic carbocycles. The lowest BCUT2D eigenvalue weighted by Gasteiger charge is -2.21. The third-order valence-electron chi connectivity index (χ3n) is 4.84. The number of hydrogen-bond acceptors (Lipinski definition) is 3. The summed E-state index contributed by atoms with van der Waals surface area (Å²) in [6, 6.07) is 13.1. The Kier molecular flexibility index (Phi) is 4.93. The zero-order valence-corrected chi connectivity index (χ0v) is 14.7. The molecule has 0 aromatic heterocycles. The molecule has 5 nitrogen and oxygen atoms in total. The van der Waals surface area contributed by atoms with E-state index in [9.17, 15) is 19.1 Å². The van der Waals surface area contributed by atoms with E-state index >= 15 is 0 Å². The van der Waals surface area contributed by atoms with E-state index in [2.05, 4.69) is 0 Å². The lowest BCUT2D eigenvalue weighted by Crippen LogP contribution is -2.31. The second-order valence-corrected chi connectivity index (χ2v) is 6.72. The van der Waals surface area contributed by atoms with Crippen LogP contribution in [0.25, 0.3) is 0 Å². The van der Waals surface area contributed by atoms with E-state index < -0.39 is 11.9 Å². The highest BCUT2D eigenvalue weighted by Gasteiger charge is 2.41. The minimum absolute atomic E-state index is 0.137. The quantitative estimate of drug-likeness (QED) is 0.915. The van der Waals surface area contributed by atoms with Gasteiger partial charge in [-0.1, -0.05) is 24.3 Å². The molecule has 1 saturated heterocycles. The smallest absolute Gasteiger partial charge is 0.308 e. The molecule has 1 aliphatic heterocycles. The second kappa shape index (κ2) is 7.15. The highest BCUT2D eigenvalue weighted by atomic mass is 19.1. The van der Waals surface area contributed by atoms with Crippen molar-refractivity contribution >= 4 is 17.6 Å². The summed E-state index contributed by atoms with van der Waals surface area (Å²) in [5.41, 5.74) is 2.06. The number of aliphatic carboxylic acids is 1. The molecule has 2 aromatic carbocycles. The van der Waals surface area contributed by atoms with Crippen LogP contribution in [0, 0.1) is 11.7 Å². The number of para-hydroxylation sites is 1. The molecule has 0 bridgehead atoms. The monoisotopic (exact) mass is 356 g/mol. The van der Waals surface area contributed by atoms with Crippen LogP contribution in [-0.2, 0) is 4.79 Å². The van der Waals surface area contributed by atoms with Crippen LogP contribution >= 0.6 is 0 Å². The number of likely N-dealkylation sites (tertiary alicyclic amines) is 1. The van der Waals surface area contributed by atoms with Crippen molar-refractivity contribution in [2.24, 2.45) is 5.92 Å². The Morgan fingerprint density at radius 2 is 1.73 bits per heavy atom. The Hall–Kier alpha value is -2.89. The number of rotatable bonds is 4. The molecule has 1 fully saturated rings. The molecule has 0 unspecified atom stereocenters. The Morgan fingerprint density at radius 3 is 2.35 bits per heavy atom. The third-order valence-corrected chi connectivity index (χ3v) is 4.84. The first-order valence-corrected chi connectivity index (χ1v) is 8.42. The number of carboxylic acid groups (broad SMARTS) is 1. The largest absolute Gasteiger partial charge is 0.481 e. The van der Waals surface area contributed by atoms with Crippen LogP contribution < -0.4 is 4.90 Å². The average molecular weight is 356 g/mol. The Balaban J connectivity index is 1.89. The molecule has 1 N–H and O–H groups in total. The molecule has 1 amide bonds. The molecule has 2 aromatic rings. The molecule has 6 heteroatoms. The van der Waals surface area contributed by atoms with Crippen molar-refractivity contribution in [1.82, 2.24) is 4.90 Å². The molecule has 3 rings (SSSR count). The normalized spacial score (nSPS) is 19.4. The van der Waals surface area contributed by atoms with Crippen LogP contribution in [0.5, 0.6) is 0 Å². The van der Waals surface area contributed by atoms with Gasteiger partial charge in [-0.25, -0.2) is 4.39 Å². The lowest BCUT2D eigenvalue weighted by molar-refractivity contribution is -0.141. The van der Waals surface area contributed by atoms with Gasteiger partial charge in [-0.3, -0.25) is 9.59 Å². The first-order valence-electron chi connectivity index (χ1n) is 8.42. The number of hydrogen-bond donors (Lipinski definition) is 1. The van der Waals surface area contributed by atoms with Gasteiger partial charge in [-0.15, -0.1) is 0 Å². The number of carbonyl (C=O) groups excluding carboxylic acids is 1. The number of carboxylic acids is 1. The Labute approximate surface area is 151 Å². The van der Waals surface area contributed by atoms with E-state index in [1.807, 2.05) is 31.1 Å². The third kappa shape index (κ3) is 3.40. The first kappa shape index (κ1) is 17.9. The van der Waals surface area contributed by atoms with Gasteiger partial charge in [0.15, 0.2) is 0 Å². The van der Waals surface area contributed by atoms with Gasteiger partial charge in [0, 0.05) is 38.8 Å². The second-order valence-electron chi connectivity index (χ2n) is 6.72. The number of benzene rings is 2. The van der Waals surface area contributed by atoms with Crippen molar-refractivity contribution in [3.05, 3.63) is 65.5 Å². The van der Waals surface area contributed by atoms with Crippen LogP contribution in [0.15, 0.2) is 48.5 Å². The number of carbonyl (C=O) groups is 2. The molecule has 1 aliphatic rings. The molecule has 0 spiro atoms. The summed E-state index contributed by atoms with van der Waals surface area (Å²) in [6.07, 6.45) is 0. The molecule has 0 radical (unpaired) electrons. The van der Waals surface area contributed by atoms with E-state index in [-0.39, 0.29) is 24.2 Å². The fraction of sp³-hybridized carbons (Fsp3) is 0.300. The number of nitrogens with zero attached hydrogens (tertiary/aromatic N) is 2. The van der Waals surface area contributed by atoms with Crippen LogP contribution in [0.3, 0.4) is 0 Å². The molecule has 26 heavy (non-hydrogen) atoms. The van der Waals surface area contributed by atoms with Crippen molar-refractivity contribution < 1.29 is 19.1 Å². The van der Waals surface area contributed by atoms with Gasteiger partial charge in [0.2, 0.25) is 0 Å². The number of anilines is 1. The Bertz CT molecular complexity index is 820. The van der Waals surface area contributed by atoms with Gasteiger partial charge in [0.05, 0.1) is 11.5 Å². The van der Waals surface area contributed by atoms with Gasteiger partial charge in [-0.2, -0.15) is 0 Å². The lowest BCUT2D eigenvalue weighted by atomic mass is 9.89. The summed E-state index contributed by atoms with van der Waals surface area (Å²) in [5, 5.41) is 9.59. The van der Waals surface area contributed by atoms with Gasteiger partial charge in [-0.05, 0) is 29.8 Å². The van der Waals surface area contributed by atoms with Crippen molar-refractivity contribution in [1.29, 1.82) is 0 Å². The maximum Gasteiger partial charge on any atom is 0.308 e. The minimum atomic E-state index is -0.949. The van der Waals surface area contributed by atoms with E-state index in [4.69, 9.17) is 0 Å². The van der Waals surface area contributed by atoms with Crippen LogP contribution in [0.2, 0.25) is 0 Å². The van der Waals surface area contributed by atoms with E-state index in [0.29, 0.717) is 12.1 Å². The maximum atomic E-state index is 13.2. The minimum Gasteiger partial charge on any atom is -0.481 e. The summed E-state index contributed by atoms with van der Waals surface area (Å²) in [7, 11) is 3.72. The molecule has 0 saturated carbocycles. The molecular formula is C20H21FN2O3. The molecule has 136 valence electrons. The van der Waals surface area contributed by atoms with Crippen molar-refractivity contribution in [3.8, 4) is 0 Å². The number of amides is 1. The highest BCUT2D eigenvalue weighted by Crippen LogP contribution is 2.34. The van der Waals surface area contributed by atoms with Crippen molar-refractivity contribution in [2.45, 2.75) is 5.92 Å². The first-order chi connectivity index (χ1) is 12.4. The van der Waals surface area contributed by atoms with Gasteiger partial charge >= 0.3 is 5.97 Å². The molecule has 2 atom stereocenters. The summed E-state index contributed by atoms with van der Waals surface area (Å²) in [5.74, 6) is -2.58. The number of halogens is 1. The molecular weight excluding hydrogens is 335 g/mol. The van der Waals surface area contributed by atoms with Gasteiger partial charge in [0.25, 0.3) is 5.91 Å². The van der Waals surface area contributed by atoms with E-state index in [1.54, 1.807) is 29.2 Å². The van der Waals surface area contributed by atoms with Gasteiger partial charge < -0.3 is 14.9 Å². The van der Waals surface area contributed by atoms with Gasteiger partial charge in [0.1, 0.15) is 5.82 Å². The van der Waals surface area contributed by atoms with Crippen LogP contribution in [0.1, 0.15) is 21.8 Å². The topological polar surface area (TPSA) is 60.9 Å². The summed E-state index contributed by atoms with van der Waals surface area (Å²) in [4.78, 5) is 28.2.